The van der Waals surface area contributed by atoms with Gasteiger partial charge in [0.1, 0.15) is 5.69 Å². The van der Waals surface area contributed by atoms with Gasteiger partial charge in [-0.25, -0.2) is 4.98 Å². The predicted octanol–water partition coefficient (Wildman–Crippen LogP) is 4.94. The van der Waals surface area contributed by atoms with E-state index in [9.17, 15) is 18.0 Å². The first-order chi connectivity index (χ1) is 15.2. The molecule has 5 nitrogen and oxygen atoms in total. The molecule has 1 aliphatic carbocycles. The highest BCUT2D eigenvalue weighted by Crippen LogP contribution is 2.32. The zero-order valence-corrected chi connectivity index (χ0v) is 18.4. The van der Waals surface area contributed by atoms with Crippen LogP contribution in [0.3, 0.4) is 0 Å². The normalized spacial score (nSPS) is 21.1. The van der Waals surface area contributed by atoms with Crippen molar-refractivity contribution >= 4 is 17.3 Å². The second-order valence-electron chi connectivity index (χ2n) is 8.87. The number of carbonyl (C=O) groups is 1. The maximum absolute atomic E-state index is 13.0. The number of pyridine rings is 1. The molecule has 4 rings (SSSR count). The van der Waals surface area contributed by atoms with E-state index in [-0.39, 0.29) is 18.0 Å². The molecule has 1 amide bonds. The SMILES string of the molecule is Cc1cc(N[C@H]2CC[C@@H](NC(=O)c3cccc4c3CCCN4C)CC2)cc(C(F)(F)F)n1. The Morgan fingerprint density at radius 1 is 1.12 bits per heavy atom. The molecule has 0 radical (unpaired) electrons. The second-order valence-corrected chi connectivity index (χ2v) is 8.87. The smallest absolute Gasteiger partial charge is 0.382 e. The van der Waals surface area contributed by atoms with Gasteiger partial charge < -0.3 is 15.5 Å². The number of benzene rings is 1. The number of aryl methyl sites for hydroxylation is 1. The Morgan fingerprint density at radius 2 is 1.84 bits per heavy atom. The Labute approximate surface area is 186 Å². The van der Waals surface area contributed by atoms with Crippen molar-refractivity contribution in [3.8, 4) is 0 Å². The number of hydrogen-bond donors (Lipinski definition) is 2. The molecule has 0 unspecified atom stereocenters. The number of rotatable bonds is 4. The maximum Gasteiger partial charge on any atom is 0.433 e. The van der Waals surface area contributed by atoms with E-state index in [0.717, 1.165) is 68.0 Å². The molecule has 2 N–H and O–H groups in total. The molecule has 0 atom stereocenters. The van der Waals surface area contributed by atoms with Crippen LogP contribution in [0, 0.1) is 6.92 Å². The quantitative estimate of drug-likeness (QED) is 0.698. The molecule has 1 aromatic heterocycles. The fraction of sp³-hybridized carbons (Fsp3) is 0.500. The summed E-state index contributed by atoms with van der Waals surface area (Å²) in [5, 5.41) is 6.41. The van der Waals surface area contributed by atoms with Gasteiger partial charge in [-0.3, -0.25) is 4.79 Å². The lowest BCUT2D eigenvalue weighted by atomic mass is 9.90. The van der Waals surface area contributed by atoms with Crippen molar-refractivity contribution in [3.63, 3.8) is 0 Å². The summed E-state index contributed by atoms with van der Waals surface area (Å²) in [7, 11) is 2.05. The summed E-state index contributed by atoms with van der Waals surface area (Å²) in [5.74, 6) is -0.0341. The van der Waals surface area contributed by atoms with E-state index < -0.39 is 11.9 Å². The van der Waals surface area contributed by atoms with Crippen LogP contribution in [0.25, 0.3) is 0 Å². The average molecular weight is 447 g/mol. The Morgan fingerprint density at radius 3 is 2.56 bits per heavy atom. The topological polar surface area (TPSA) is 57.3 Å². The lowest BCUT2D eigenvalue weighted by Gasteiger charge is -2.32. The van der Waals surface area contributed by atoms with E-state index in [1.54, 1.807) is 13.0 Å². The molecule has 2 aromatic rings. The predicted molar refractivity (Wildman–Crippen MR) is 119 cm³/mol. The molecule has 0 saturated heterocycles. The van der Waals surface area contributed by atoms with Crippen molar-refractivity contribution in [2.75, 3.05) is 23.8 Å². The molecule has 32 heavy (non-hydrogen) atoms. The molecule has 1 aliphatic heterocycles. The molecule has 1 aromatic carbocycles. The molecular formula is C24H29F3N4O. The standard InChI is InChI=1S/C24H29F3N4O/c1-15-13-18(14-22(28-15)24(25,26)27)29-16-8-10-17(11-9-16)30-23(32)20-5-3-7-21-19(20)6-4-12-31(21)2/h3,5,7,13-14,16-17H,4,6,8-12H2,1-2H3,(H,28,29)(H,30,32)/t16-,17+. The lowest BCUT2D eigenvalue weighted by Crippen LogP contribution is -2.40. The average Bonchev–Trinajstić information content (AvgIpc) is 2.74. The summed E-state index contributed by atoms with van der Waals surface area (Å²) >= 11 is 0. The third-order valence-electron chi connectivity index (χ3n) is 6.40. The van der Waals surface area contributed by atoms with Crippen LogP contribution in [0.4, 0.5) is 24.5 Å². The zero-order chi connectivity index (χ0) is 22.9. The van der Waals surface area contributed by atoms with Crippen molar-refractivity contribution in [3.05, 3.63) is 52.8 Å². The Kier molecular flexibility index (Phi) is 6.31. The minimum atomic E-state index is -4.46. The number of nitrogens with one attached hydrogen (secondary N) is 2. The summed E-state index contributed by atoms with van der Waals surface area (Å²) in [4.78, 5) is 18.8. The molecule has 2 heterocycles. The summed E-state index contributed by atoms with van der Waals surface area (Å²) in [6, 6.07) is 8.74. The monoisotopic (exact) mass is 446 g/mol. The van der Waals surface area contributed by atoms with Crippen LogP contribution in [0.5, 0.6) is 0 Å². The molecule has 1 fully saturated rings. The van der Waals surface area contributed by atoms with Gasteiger partial charge in [-0.05, 0) is 75.3 Å². The van der Waals surface area contributed by atoms with Gasteiger partial charge in [0.2, 0.25) is 0 Å². The van der Waals surface area contributed by atoms with Crippen molar-refractivity contribution in [1.82, 2.24) is 10.3 Å². The summed E-state index contributed by atoms with van der Waals surface area (Å²) in [6.45, 7) is 2.56. The van der Waals surface area contributed by atoms with E-state index in [2.05, 4.69) is 33.6 Å². The van der Waals surface area contributed by atoms with E-state index in [4.69, 9.17) is 0 Å². The number of amides is 1. The van der Waals surface area contributed by atoms with Crippen LogP contribution in [0.1, 0.15) is 59.4 Å². The Bertz CT molecular complexity index is 984. The van der Waals surface area contributed by atoms with E-state index in [1.807, 2.05) is 12.1 Å². The highest BCUT2D eigenvalue weighted by atomic mass is 19.4. The Balaban J connectivity index is 1.35. The molecule has 0 bridgehead atoms. The van der Waals surface area contributed by atoms with Crippen molar-refractivity contribution in [2.24, 2.45) is 0 Å². The van der Waals surface area contributed by atoms with Gasteiger partial charge in [0, 0.05) is 48.3 Å². The van der Waals surface area contributed by atoms with Gasteiger partial charge in [0.15, 0.2) is 0 Å². The van der Waals surface area contributed by atoms with Crippen LogP contribution in [0.2, 0.25) is 0 Å². The number of alkyl halides is 3. The minimum absolute atomic E-state index is 0.0341. The van der Waals surface area contributed by atoms with Crippen LogP contribution in [0.15, 0.2) is 30.3 Å². The fourth-order valence-corrected chi connectivity index (χ4v) is 4.80. The van der Waals surface area contributed by atoms with Gasteiger partial charge in [0.25, 0.3) is 5.91 Å². The van der Waals surface area contributed by atoms with Gasteiger partial charge in [-0.1, -0.05) is 6.07 Å². The number of fused-ring (bicyclic) bond motifs is 1. The van der Waals surface area contributed by atoms with Crippen molar-refractivity contribution < 1.29 is 18.0 Å². The van der Waals surface area contributed by atoms with Gasteiger partial charge >= 0.3 is 6.18 Å². The van der Waals surface area contributed by atoms with Crippen LogP contribution >= 0.6 is 0 Å². The van der Waals surface area contributed by atoms with E-state index in [1.165, 1.54) is 0 Å². The fourth-order valence-electron chi connectivity index (χ4n) is 4.80. The number of anilines is 2. The number of halogens is 3. The number of nitrogens with zero attached hydrogens (tertiary/aromatic N) is 2. The molecule has 8 heteroatoms. The maximum atomic E-state index is 13.0. The van der Waals surface area contributed by atoms with Crippen LogP contribution in [-0.4, -0.2) is 36.6 Å². The molecule has 172 valence electrons. The zero-order valence-electron chi connectivity index (χ0n) is 18.4. The minimum Gasteiger partial charge on any atom is -0.382 e. The third-order valence-corrected chi connectivity index (χ3v) is 6.40. The second kappa shape index (κ2) is 9.00. The largest absolute Gasteiger partial charge is 0.433 e. The summed E-state index contributed by atoms with van der Waals surface area (Å²) in [6.07, 6.45) is 0.617. The number of carbonyl (C=O) groups excluding carboxylic acids is 1. The molecule has 2 aliphatic rings. The number of hydrogen-bond acceptors (Lipinski definition) is 4. The van der Waals surface area contributed by atoms with Gasteiger partial charge in [0.05, 0.1) is 0 Å². The third kappa shape index (κ3) is 5.00. The van der Waals surface area contributed by atoms with Gasteiger partial charge in [-0.2, -0.15) is 13.2 Å². The highest BCUT2D eigenvalue weighted by molar-refractivity contribution is 5.97. The highest BCUT2D eigenvalue weighted by Gasteiger charge is 2.33. The van der Waals surface area contributed by atoms with E-state index >= 15 is 0 Å². The molecular weight excluding hydrogens is 417 g/mol. The molecule has 1 saturated carbocycles. The number of aromatic nitrogens is 1. The first kappa shape index (κ1) is 22.4. The molecule has 0 spiro atoms. The Hall–Kier alpha value is -2.77. The first-order valence-electron chi connectivity index (χ1n) is 11.2. The van der Waals surface area contributed by atoms with Crippen molar-refractivity contribution in [1.29, 1.82) is 0 Å². The lowest BCUT2D eigenvalue weighted by molar-refractivity contribution is -0.141. The van der Waals surface area contributed by atoms with Crippen LogP contribution < -0.4 is 15.5 Å². The first-order valence-corrected chi connectivity index (χ1v) is 11.2. The van der Waals surface area contributed by atoms with E-state index in [0.29, 0.717) is 11.4 Å². The summed E-state index contributed by atoms with van der Waals surface area (Å²) in [5.41, 5.74) is 2.89. The van der Waals surface area contributed by atoms with Crippen LogP contribution in [-0.2, 0) is 12.6 Å². The van der Waals surface area contributed by atoms with Crippen molar-refractivity contribution in [2.45, 2.75) is 63.7 Å². The van der Waals surface area contributed by atoms with Gasteiger partial charge in [-0.15, -0.1) is 0 Å². The summed E-state index contributed by atoms with van der Waals surface area (Å²) < 4.78 is 39.1.